The van der Waals surface area contributed by atoms with Gasteiger partial charge in [0.2, 0.25) is 15.9 Å². The van der Waals surface area contributed by atoms with Gasteiger partial charge in [-0.2, -0.15) is 0 Å². The van der Waals surface area contributed by atoms with E-state index >= 15 is 0 Å². The van der Waals surface area contributed by atoms with Crippen molar-refractivity contribution in [2.24, 2.45) is 0 Å². The third-order valence-electron chi connectivity index (χ3n) is 2.98. The van der Waals surface area contributed by atoms with Crippen molar-refractivity contribution in [3.63, 3.8) is 0 Å². The molecule has 0 aliphatic carbocycles. The molecule has 6 nitrogen and oxygen atoms in total. The smallest absolute Gasteiger partial charge is 0.246 e. The third-order valence-corrected chi connectivity index (χ3v) is 4.44. The Kier molecular flexibility index (Phi) is 5.47. The molecule has 128 valence electrons. The molecule has 0 unspecified atom stereocenters. The van der Waals surface area contributed by atoms with Crippen LogP contribution in [-0.2, 0) is 14.8 Å². The Bertz CT molecular complexity index is 819. The van der Waals surface area contributed by atoms with E-state index in [-0.39, 0.29) is 0 Å². The molecule has 2 aromatic rings. The van der Waals surface area contributed by atoms with E-state index in [0.29, 0.717) is 11.4 Å². The predicted molar refractivity (Wildman–Crippen MR) is 83.2 cm³/mol. The molecule has 0 heterocycles. The van der Waals surface area contributed by atoms with Crippen LogP contribution in [0.25, 0.3) is 0 Å². The van der Waals surface area contributed by atoms with Gasteiger partial charge in [0.05, 0.1) is 13.7 Å². The molecule has 0 saturated heterocycles. The maximum absolute atomic E-state index is 13.5. The molecule has 2 N–H and O–H groups in total. The SMILES string of the molecule is COc1ccc(NC(=O)CNS(=O)(=O)c2c(F)cccc2F)cc1. The van der Waals surface area contributed by atoms with Crippen LogP contribution in [0.4, 0.5) is 14.5 Å². The summed E-state index contributed by atoms with van der Waals surface area (Å²) >= 11 is 0. The molecule has 1 amide bonds. The maximum Gasteiger partial charge on any atom is 0.246 e. The summed E-state index contributed by atoms with van der Waals surface area (Å²) < 4.78 is 57.7. The van der Waals surface area contributed by atoms with Crippen molar-refractivity contribution in [2.45, 2.75) is 4.90 Å². The van der Waals surface area contributed by atoms with Crippen LogP contribution < -0.4 is 14.8 Å². The van der Waals surface area contributed by atoms with Crippen molar-refractivity contribution in [2.75, 3.05) is 19.0 Å². The molecule has 2 rings (SSSR count). The Hall–Kier alpha value is -2.52. The van der Waals surface area contributed by atoms with Gasteiger partial charge in [-0.1, -0.05) is 6.07 Å². The molecular formula is C15H14F2N2O4S. The molecule has 0 saturated carbocycles. The van der Waals surface area contributed by atoms with E-state index in [2.05, 4.69) is 5.32 Å². The number of methoxy groups -OCH3 is 1. The lowest BCUT2D eigenvalue weighted by molar-refractivity contribution is -0.115. The highest BCUT2D eigenvalue weighted by molar-refractivity contribution is 7.89. The summed E-state index contributed by atoms with van der Waals surface area (Å²) in [6.45, 7) is -0.678. The number of nitrogens with one attached hydrogen (secondary N) is 2. The molecule has 0 aromatic heterocycles. The first-order chi connectivity index (χ1) is 11.3. The topological polar surface area (TPSA) is 84.5 Å². The second-order valence-electron chi connectivity index (χ2n) is 4.65. The number of amides is 1. The van der Waals surface area contributed by atoms with E-state index in [1.807, 2.05) is 4.72 Å². The summed E-state index contributed by atoms with van der Waals surface area (Å²) in [6.07, 6.45) is 0. The summed E-state index contributed by atoms with van der Waals surface area (Å²) in [5, 5.41) is 2.44. The van der Waals surface area contributed by atoms with E-state index in [4.69, 9.17) is 4.74 Å². The number of sulfonamides is 1. The van der Waals surface area contributed by atoms with Crippen molar-refractivity contribution in [3.8, 4) is 5.75 Å². The quantitative estimate of drug-likeness (QED) is 0.828. The second-order valence-corrected chi connectivity index (χ2v) is 6.36. The van der Waals surface area contributed by atoms with Crippen LogP contribution in [-0.4, -0.2) is 28.0 Å². The molecule has 24 heavy (non-hydrogen) atoms. The highest BCUT2D eigenvalue weighted by atomic mass is 32.2. The minimum absolute atomic E-state index is 0.414. The van der Waals surface area contributed by atoms with Crippen LogP contribution in [0.15, 0.2) is 47.4 Å². The van der Waals surface area contributed by atoms with Gasteiger partial charge < -0.3 is 10.1 Å². The van der Waals surface area contributed by atoms with Gasteiger partial charge >= 0.3 is 0 Å². The second kappa shape index (κ2) is 7.37. The largest absolute Gasteiger partial charge is 0.497 e. The monoisotopic (exact) mass is 356 g/mol. The van der Waals surface area contributed by atoms with E-state index in [1.165, 1.54) is 7.11 Å². The number of carbonyl (C=O) groups is 1. The van der Waals surface area contributed by atoms with Gasteiger partial charge in [-0.15, -0.1) is 0 Å². The Morgan fingerprint density at radius 1 is 1.08 bits per heavy atom. The number of benzene rings is 2. The van der Waals surface area contributed by atoms with Gasteiger partial charge in [0.15, 0.2) is 4.90 Å². The van der Waals surface area contributed by atoms with E-state index in [0.717, 1.165) is 18.2 Å². The van der Waals surface area contributed by atoms with Crippen molar-refractivity contribution in [1.29, 1.82) is 0 Å². The number of hydrogen-bond donors (Lipinski definition) is 2. The Morgan fingerprint density at radius 2 is 1.67 bits per heavy atom. The van der Waals surface area contributed by atoms with Gasteiger partial charge in [-0.05, 0) is 36.4 Å². The van der Waals surface area contributed by atoms with Crippen LogP contribution >= 0.6 is 0 Å². The lowest BCUT2D eigenvalue weighted by Gasteiger charge is -2.09. The Morgan fingerprint density at radius 3 is 2.21 bits per heavy atom. The number of ether oxygens (including phenoxy) is 1. The van der Waals surface area contributed by atoms with Gasteiger partial charge in [0, 0.05) is 5.69 Å². The first kappa shape index (κ1) is 17.8. The van der Waals surface area contributed by atoms with Gasteiger partial charge in [-0.3, -0.25) is 4.79 Å². The Labute approximate surface area is 137 Å². The molecule has 0 fully saturated rings. The lowest BCUT2D eigenvalue weighted by Crippen LogP contribution is -2.33. The van der Waals surface area contributed by atoms with Crippen LogP contribution in [0.3, 0.4) is 0 Å². The fourth-order valence-electron chi connectivity index (χ4n) is 1.85. The van der Waals surface area contributed by atoms with Crippen molar-refractivity contribution in [3.05, 3.63) is 54.1 Å². The molecule has 0 bridgehead atoms. The zero-order chi connectivity index (χ0) is 17.7. The average molecular weight is 356 g/mol. The number of hydrogen-bond acceptors (Lipinski definition) is 4. The van der Waals surface area contributed by atoms with Crippen molar-refractivity contribution in [1.82, 2.24) is 4.72 Å². The summed E-state index contributed by atoms with van der Waals surface area (Å²) in [4.78, 5) is 10.6. The number of halogens is 2. The molecule has 0 atom stereocenters. The van der Waals surface area contributed by atoms with Gasteiger partial charge in [0.1, 0.15) is 17.4 Å². The summed E-state index contributed by atoms with van der Waals surface area (Å²) in [5.74, 6) is -2.58. The fraction of sp³-hybridized carbons (Fsp3) is 0.133. The van der Waals surface area contributed by atoms with E-state index in [9.17, 15) is 22.0 Å². The molecule has 0 radical (unpaired) electrons. The maximum atomic E-state index is 13.5. The minimum Gasteiger partial charge on any atom is -0.497 e. The van der Waals surface area contributed by atoms with Gasteiger partial charge in [0.25, 0.3) is 0 Å². The van der Waals surface area contributed by atoms with Crippen LogP contribution in [0.5, 0.6) is 5.75 Å². The molecule has 0 spiro atoms. The third kappa shape index (κ3) is 4.27. The summed E-state index contributed by atoms with van der Waals surface area (Å²) in [6, 6.07) is 9.00. The van der Waals surface area contributed by atoms with Crippen LogP contribution in [0.2, 0.25) is 0 Å². The highest BCUT2D eigenvalue weighted by Gasteiger charge is 2.24. The number of carbonyl (C=O) groups excluding carboxylic acids is 1. The molecule has 0 aliphatic rings. The zero-order valence-electron chi connectivity index (χ0n) is 12.5. The Balaban J connectivity index is 2.02. The summed E-state index contributed by atoms with van der Waals surface area (Å²) in [7, 11) is -3.01. The van der Waals surface area contributed by atoms with Crippen molar-refractivity contribution >= 4 is 21.6 Å². The standard InChI is InChI=1S/C15H14F2N2O4S/c1-23-11-7-5-10(6-8-11)19-14(20)9-18-24(21,22)15-12(16)3-2-4-13(15)17/h2-8,18H,9H2,1H3,(H,19,20). The van der Waals surface area contributed by atoms with Crippen molar-refractivity contribution < 1.29 is 26.7 Å². The lowest BCUT2D eigenvalue weighted by atomic mass is 10.3. The first-order valence-electron chi connectivity index (χ1n) is 6.71. The zero-order valence-corrected chi connectivity index (χ0v) is 13.4. The minimum atomic E-state index is -4.50. The first-order valence-corrected chi connectivity index (χ1v) is 8.19. The van der Waals surface area contributed by atoms with E-state index in [1.54, 1.807) is 24.3 Å². The van der Waals surface area contributed by atoms with Crippen LogP contribution in [0, 0.1) is 11.6 Å². The van der Waals surface area contributed by atoms with Crippen LogP contribution in [0.1, 0.15) is 0 Å². The number of rotatable bonds is 6. The molecule has 0 aliphatic heterocycles. The highest BCUT2D eigenvalue weighted by Crippen LogP contribution is 2.18. The molecular weight excluding hydrogens is 342 g/mol. The van der Waals surface area contributed by atoms with E-state index < -0.39 is 39.0 Å². The van der Waals surface area contributed by atoms with Gasteiger partial charge in [-0.25, -0.2) is 21.9 Å². The normalized spacial score (nSPS) is 11.1. The summed E-state index contributed by atoms with van der Waals surface area (Å²) in [5.41, 5.74) is 0.414. The fourth-order valence-corrected chi connectivity index (χ4v) is 2.97. The molecule has 9 heteroatoms. The molecule has 2 aromatic carbocycles. The predicted octanol–water partition coefficient (Wildman–Crippen LogP) is 1.89. The number of anilines is 1. The average Bonchev–Trinajstić information content (AvgIpc) is 2.53.